The number of hydrogen-bond acceptors (Lipinski definition) is 5. The Bertz CT molecular complexity index is 846. The minimum atomic E-state index is -0.554. The zero-order chi connectivity index (χ0) is 19.2. The number of anilines is 1. The summed E-state index contributed by atoms with van der Waals surface area (Å²) in [4.78, 5) is 37.9. The second-order valence-corrected chi connectivity index (χ2v) is 6.57. The van der Waals surface area contributed by atoms with Gasteiger partial charge in [0, 0.05) is 17.7 Å². The molecule has 0 spiro atoms. The second kappa shape index (κ2) is 8.55. The van der Waals surface area contributed by atoms with E-state index < -0.39 is 4.92 Å². The van der Waals surface area contributed by atoms with Crippen LogP contribution in [0, 0.1) is 10.1 Å². The number of nitro benzene ring substituents is 1. The van der Waals surface area contributed by atoms with Crippen LogP contribution < -0.4 is 5.32 Å². The lowest BCUT2D eigenvalue weighted by Crippen LogP contribution is -2.37. The van der Waals surface area contributed by atoms with Gasteiger partial charge in [-0.2, -0.15) is 0 Å². The van der Waals surface area contributed by atoms with Crippen LogP contribution >= 0.6 is 0 Å². The Hall–Kier alpha value is -3.06. The average molecular weight is 367 g/mol. The van der Waals surface area contributed by atoms with Crippen LogP contribution in [0.15, 0.2) is 48.5 Å². The maximum atomic E-state index is 12.8. The molecular weight excluding hydrogens is 346 g/mol. The molecule has 0 aromatic heterocycles. The molecule has 7 nitrogen and oxygen atoms in total. The molecule has 0 bridgehead atoms. The van der Waals surface area contributed by atoms with Crippen molar-refractivity contribution in [3.8, 4) is 0 Å². The van der Waals surface area contributed by atoms with E-state index in [0.717, 1.165) is 25.9 Å². The molecule has 0 unspecified atom stereocenters. The topological polar surface area (TPSA) is 92.6 Å². The Labute approximate surface area is 157 Å². The molecule has 2 aromatic carbocycles. The van der Waals surface area contributed by atoms with Gasteiger partial charge < -0.3 is 5.32 Å². The average Bonchev–Trinajstić information content (AvgIpc) is 2.69. The predicted octanol–water partition coefficient (Wildman–Crippen LogP) is 3.25. The van der Waals surface area contributed by atoms with Crippen LogP contribution in [0.1, 0.15) is 35.2 Å². The Morgan fingerprint density at radius 3 is 2.41 bits per heavy atom. The van der Waals surface area contributed by atoms with Gasteiger partial charge in [-0.25, -0.2) is 0 Å². The minimum absolute atomic E-state index is 0.113. The largest absolute Gasteiger partial charge is 0.324 e. The molecule has 1 fully saturated rings. The Balaban J connectivity index is 1.84. The van der Waals surface area contributed by atoms with E-state index in [9.17, 15) is 19.7 Å². The Kier molecular flexibility index (Phi) is 5.93. The first-order valence-corrected chi connectivity index (χ1v) is 8.95. The van der Waals surface area contributed by atoms with E-state index in [1.807, 2.05) is 0 Å². The van der Waals surface area contributed by atoms with Crippen LogP contribution in [0.2, 0.25) is 0 Å². The number of nitro groups is 1. The highest BCUT2D eigenvalue weighted by molar-refractivity contribution is 6.14. The zero-order valence-corrected chi connectivity index (χ0v) is 14.9. The molecule has 2 aromatic rings. The lowest BCUT2D eigenvalue weighted by atomic mass is 10.0. The molecular formula is C20H21N3O4. The van der Waals surface area contributed by atoms with Crippen molar-refractivity contribution >= 4 is 23.1 Å². The minimum Gasteiger partial charge on any atom is -0.324 e. The van der Waals surface area contributed by atoms with E-state index in [2.05, 4.69) is 10.2 Å². The molecule has 0 aliphatic carbocycles. The molecule has 1 aliphatic heterocycles. The van der Waals surface area contributed by atoms with E-state index in [1.165, 1.54) is 24.6 Å². The van der Waals surface area contributed by atoms with E-state index >= 15 is 0 Å². The summed E-state index contributed by atoms with van der Waals surface area (Å²) in [6, 6.07) is 12.4. The first-order chi connectivity index (χ1) is 13.0. The smallest absolute Gasteiger partial charge is 0.270 e. The maximum Gasteiger partial charge on any atom is 0.270 e. The third kappa shape index (κ3) is 4.77. The number of nitrogens with one attached hydrogen (secondary N) is 1. The highest BCUT2D eigenvalue weighted by Gasteiger charge is 2.20. The SMILES string of the molecule is O=C(CN1CCCCC1)Nc1ccc([N+](=O)[O-])cc1C(=O)c1ccccc1. The number of rotatable bonds is 6. The fraction of sp³-hybridized carbons (Fsp3) is 0.300. The number of hydrogen-bond donors (Lipinski definition) is 1. The van der Waals surface area contributed by atoms with Crippen LogP contribution in [0.5, 0.6) is 0 Å². The molecule has 27 heavy (non-hydrogen) atoms. The summed E-state index contributed by atoms with van der Waals surface area (Å²) in [5, 5.41) is 13.9. The number of amides is 1. The molecule has 1 amide bonds. The third-order valence-corrected chi connectivity index (χ3v) is 4.58. The van der Waals surface area contributed by atoms with Crippen molar-refractivity contribution in [2.24, 2.45) is 0 Å². The van der Waals surface area contributed by atoms with Crippen molar-refractivity contribution in [3.63, 3.8) is 0 Å². The first kappa shape index (κ1) is 18.7. The van der Waals surface area contributed by atoms with E-state index in [-0.39, 0.29) is 35.2 Å². The number of carbonyl (C=O) groups is 2. The standard InChI is InChI=1S/C20H21N3O4/c24-19(14-22-11-5-2-6-12-22)21-18-10-9-16(23(26)27)13-17(18)20(25)15-7-3-1-4-8-15/h1,3-4,7-10,13H,2,5-6,11-12,14H2,(H,21,24). The number of piperidine rings is 1. The zero-order valence-electron chi connectivity index (χ0n) is 14.9. The summed E-state index contributed by atoms with van der Waals surface area (Å²) in [6.45, 7) is 2.00. The van der Waals surface area contributed by atoms with Gasteiger partial charge >= 0.3 is 0 Å². The maximum absolute atomic E-state index is 12.8. The molecule has 3 rings (SSSR count). The molecule has 1 N–H and O–H groups in total. The van der Waals surface area contributed by atoms with Gasteiger partial charge in [-0.1, -0.05) is 36.8 Å². The third-order valence-electron chi connectivity index (χ3n) is 4.58. The van der Waals surface area contributed by atoms with Gasteiger partial charge in [0.15, 0.2) is 5.78 Å². The number of carbonyl (C=O) groups excluding carboxylic acids is 2. The lowest BCUT2D eigenvalue weighted by Gasteiger charge is -2.25. The van der Waals surface area contributed by atoms with Crippen molar-refractivity contribution in [1.29, 1.82) is 0 Å². The summed E-state index contributed by atoms with van der Waals surface area (Å²) >= 11 is 0. The van der Waals surface area contributed by atoms with Crippen LogP contribution in [0.25, 0.3) is 0 Å². The Morgan fingerprint density at radius 1 is 1.04 bits per heavy atom. The number of likely N-dealkylation sites (tertiary alicyclic amines) is 1. The predicted molar refractivity (Wildman–Crippen MR) is 102 cm³/mol. The van der Waals surface area contributed by atoms with Gasteiger partial charge in [-0.15, -0.1) is 0 Å². The number of nitrogens with zero attached hydrogens (tertiary/aromatic N) is 2. The number of non-ortho nitro benzene ring substituents is 1. The van der Waals surface area contributed by atoms with E-state index in [0.29, 0.717) is 5.56 Å². The quantitative estimate of drug-likeness (QED) is 0.481. The summed E-state index contributed by atoms with van der Waals surface area (Å²) in [5.41, 5.74) is 0.617. The van der Waals surface area contributed by atoms with Crippen molar-refractivity contribution in [1.82, 2.24) is 4.90 Å². The fourth-order valence-corrected chi connectivity index (χ4v) is 3.20. The van der Waals surface area contributed by atoms with Gasteiger partial charge in [0.25, 0.3) is 5.69 Å². The molecule has 0 atom stereocenters. The van der Waals surface area contributed by atoms with Crippen molar-refractivity contribution in [2.75, 3.05) is 25.0 Å². The van der Waals surface area contributed by atoms with E-state index in [1.54, 1.807) is 30.3 Å². The highest BCUT2D eigenvalue weighted by atomic mass is 16.6. The molecule has 0 radical (unpaired) electrons. The number of ketones is 1. The normalized spacial score (nSPS) is 14.5. The van der Waals surface area contributed by atoms with Gasteiger partial charge in [0.05, 0.1) is 22.7 Å². The molecule has 140 valence electrons. The summed E-state index contributed by atoms with van der Waals surface area (Å²) in [6.07, 6.45) is 3.32. The molecule has 1 aliphatic rings. The van der Waals surface area contributed by atoms with Crippen LogP contribution in [-0.2, 0) is 4.79 Å². The van der Waals surface area contributed by atoms with Crippen LogP contribution in [-0.4, -0.2) is 41.1 Å². The summed E-state index contributed by atoms with van der Waals surface area (Å²) in [7, 11) is 0. The van der Waals surface area contributed by atoms with E-state index in [4.69, 9.17) is 0 Å². The van der Waals surface area contributed by atoms with Gasteiger partial charge in [0.1, 0.15) is 0 Å². The summed E-state index contributed by atoms with van der Waals surface area (Å²) in [5.74, 6) is -0.597. The van der Waals surface area contributed by atoms with Crippen molar-refractivity contribution < 1.29 is 14.5 Å². The van der Waals surface area contributed by atoms with Crippen molar-refractivity contribution in [2.45, 2.75) is 19.3 Å². The molecule has 1 saturated heterocycles. The van der Waals surface area contributed by atoms with Crippen molar-refractivity contribution in [3.05, 3.63) is 69.8 Å². The van der Waals surface area contributed by atoms with Crippen LogP contribution in [0.4, 0.5) is 11.4 Å². The lowest BCUT2D eigenvalue weighted by molar-refractivity contribution is -0.384. The van der Waals surface area contributed by atoms with Gasteiger partial charge in [0.2, 0.25) is 5.91 Å². The van der Waals surface area contributed by atoms with Crippen LogP contribution in [0.3, 0.4) is 0 Å². The fourth-order valence-electron chi connectivity index (χ4n) is 3.20. The number of benzene rings is 2. The molecule has 7 heteroatoms. The summed E-state index contributed by atoms with van der Waals surface area (Å²) < 4.78 is 0. The van der Waals surface area contributed by atoms with Gasteiger partial charge in [-0.05, 0) is 32.0 Å². The highest BCUT2D eigenvalue weighted by Crippen LogP contribution is 2.25. The second-order valence-electron chi connectivity index (χ2n) is 6.57. The molecule has 0 saturated carbocycles. The Morgan fingerprint density at radius 2 is 1.74 bits per heavy atom. The first-order valence-electron chi connectivity index (χ1n) is 8.95. The van der Waals surface area contributed by atoms with Gasteiger partial charge in [-0.3, -0.25) is 24.6 Å². The molecule has 1 heterocycles. The monoisotopic (exact) mass is 367 g/mol.